The average molecular weight is 370 g/mol. The van der Waals surface area contributed by atoms with Crippen molar-refractivity contribution >= 4 is 31.6 Å². The van der Waals surface area contributed by atoms with Gasteiger partial charge < -0.3 is 4.74 Å². The first kappa shape index (κ1) is 18.2. The van der Waals surface area contributed by atoms with Gasteiger partial charge in [0, 0.05) is 17.2 Å². The normalized spacial score (nSPS) is 11.4. The summed E-state index contributed by atoms with van der Waals surface area (Å²) in [5, 5.41) is 0. The van der Waals surface area contributed by atoms with Crippen molar-refractivity contribution in [3.05, 3.63) is 54.1 Å². The van der Waals surface area contributed by atoms with Crippen LogP contribution in [0.1, 0.15) is 5.56 Å². The van der Waals surface area contributed by atoms with Crippen molar-refractivity contribution < 1.29 is 13.2 Å². The van der Waals surface area contributed by atoms with E-state index >= 15 is 0 Å². The molecule has 0 spiro atoms. The van der Waals surface area contributed by atoms with Gasteiger partial charge in [-0.1, -0.05) is 39.3 Å². The molecule has 0 fully saturated rings. The Morgan fingerprint density at radius 1 is 1.04 bits per heavy atom. The van der Waals surface area contributed by atoms with E-state index in [9.17, 15) is 8.42 Å². The quantitative estimate of drug-likeness (QED) is 0.568. The maximum atomic E-state index is 12.1. The Kier molecular flexibility index (Phi) is 6.83. The Morgan fingerprint density at radius 2 is 1.70 bits per heavy atom. The van der Waals surface area contributed by atoms with Crippen LogP contribution in [0.2, 0.25) is 0 Å². The van der Waals surface area contributed by atoms with Gasteiger partial charge >= 0.3 is 0 Å². The van der Waals surface area contributed by atoms with Crippen LogP contribution in [0.3, 0.4) is 0 Å². The first-order valence-corrected chi connectivity index (χ1v) is 10.8. The third-order valence-electron chi connectivity index (χ3n) is 3.02. The molecular formula is C16H19NO3S3. The molecule has 0 bridgehead atoms. The van der Waals surface area contributed by atoms with E-state index in [4.69, 9.17) is 4.74 Å². The number of methoxy groups -OCH3 is 1. The molecule has 23 heavy (non-hydrogen) atoms. The largest absolute Gasteiger partial charge is 0.497 e. The maximum Gasteiger partial charge on any atom is 0.240 e. The van der Waals surface area contributed by atoms with Crippen LogP contribution in [0.5, 0.6) is 5.75 Å². The molecular weight excluding hydrogens is 350 g/mol. The zero-order valence-corrected chi connectivity index (χ0v) is 15.4. The second kappa shape index (κ2) is 8.63. The number of ether oxygens (including phenoxy) is 1. The van der Waals surface area contributed by atoms with Crippen LogP contribution in [-0.2, 0) is 10.0 Å². The fraction of sp³-hybridized carbons (Fsp3) is 0.250. The summed E-state index contributed by atoms with van der Waals surface area (Å²) in [6.45, 7) is 2.44. The van der Waals surface area contributed by atoms with Gasteiger partial charge in [-0.3, -0.25) is 0 Å². The van der Waals surface area contributed by atoms with E-state index < -0.39 is 10.0 Å². The highest BCUT2D eigenvalue weighted by Crippen LogP contribution is 2.30. The zero-order chi connectivity index (χ0) is 16.7. The minimum absolute atomic E-state index is 0.245. The Hall–Kier alpha value is -1.15. The third kappa shape index (κ3) is 5.76. The third-order valence-corrected chi connectivity index (χ3v) is 6.88. The number of sulfonamides is 1. The van der Waals surface area contributed by atoms with Gasteiger partial charge in [0.1, 0.15) is 5.75 Å². The molecule has 0 aliphatic carbocycles. The van der Waals surface area contributed by atoms with Gasteiger partial charge in [-0.05, 0) is 43.3 Å². The maximum absolute atomic E-state index is 12.1. The van der Waals surface area contributed by atoms with Gasteiger partial charge in [-0.25, -0.2) is 13.1 Å². The topological polar surface area (TPSA) is 55.4 Å². The van der Waals surface area contributed by atoms with Crippen molar-refractivity contribution in [3.8, 4) is 5.75 Å². The van der Waals surface area contributed by atoms with Gasteiger partial charge in [0.05, 0.1) is 12.0 Å². The standard InChI is InChI=1S/C16H19NO3S3/c1-13-3-7-15(8-4-13)22-21-12-11-17-23(18,19)16-9-5-14(20-2)6-10-16/h3-10,17H,11-12H2,1-2H3. The Morgan fingerprint density at radius 3 is 2.30 bits per heavy atom. The van der Waals surface area contributed by atoms with E-state index in [1.807, 2.05) is 0 Å². The number of hydrogen-bond acceptors (Lipinski definition) is 5. The smallest absolute Gasteiger partial charge is 0.240 e. The molecule has 0 aromatic heterocycles. The number of aryl methyl sites for hydroxylation is 1. The predicted octanol–water partition coefficient (Wildman–Crippen LogP) is 3.72. The molecule has 0 saturated heterocycles. The second-order valence-electron chi connectivity index (χ2n) is 4.79. The SMILES string of the molecule is COc1ccc(S(=O)(=O)NCCSSc2ccc(C)cc2)cc1. The molecule has 0 saturated carbocycles. The summed E-state index contributed by atoms with van der Waals surface area (Å²) in [4.78, 5) is 1.41. The van der Waals surface area contributed by atoms with Gasteiger partial charge in [-0.15, -0.1) is 0 Å². The molecule has 0 amide bonds. The molecule has 0 atom stereocenters. The van der Waals surface area contributed by atoms with Crippen LogP contribution in [0, 0.1) is 6.92 Å². The van der Waals surface area contributed by atoms with E-state index in [-0.39, 0.29) is 4.90 Å². The van der Waals surface area contributed by atoms with Crippen LogP contribution in [0.25, 0.3) is 0 Å². The van der Waals surface area contributed by atoms with Crippen molar-refractivity contribution in [2.24, 2.45) is 0 Å². The lowest BCUT2D eigenvalue weighted by atomic mass is 10.2. The molecule has 124 valence electrons. The zero-order valence-electron chi connectivity index (χ0n) is 13.0. The summed E-state index contributed by atoms with van der Waals surface area (Å²) < 4.78 is 31.9. The van der Waals surface area contributed by atoms with Crippen molar-refractivity contribution in [1.29, 1.82) is 0 Å². The Labute approximate surface area is 145 Å². The number of benzene rings is 2. The fourth-order valence-electron chi connectivity index (χ4n) is 1.76. The van der Waals surface area contributed by atoms with Crippen LogP contribution in [-0.4, -0.2) is 27.8 Å². The van der Waals surface area contributed by atoms with Gasteiger partial charge in [0.15, 0.2) is 0 Å². The summed E-state index contributed by atoms with van der Waals surface area (Å²) >= 11 is 0. The Balaban J connectivity index is 1.77. The van der Waals surface area contributed by atoms with Crippen LogP contribution in [0.15, 0.2) is 58.3 Å². The molecule has 2 rings (SSSR count). The Bertz CT molecular complexity index is 713. The molecule has 0 unspecified atom stereocenters. The fourth-order valence-corrected chi connectivity index (χ4v) is 4.81. The molecule has 1 N–H and O–H groups in total. The summed E-state index contributed by atoms with van der Waals surface area (Å²) in [7, 11) is 1.35. The van der Waals surface area contributed by atoms with E-state index in [0.717, 1.165) is 0 Å². The highest BCUT2D eigenvalue weighted by Gasteiger charge is 2.13. The lowest BCUT2D eigenvalue weighted by Gasteiger charge is -2.07. The molecule has 0 aliphatic rings. The molecule has 7 heteroatoms. The van der Waals surface area contributed by atoms with Crippen molar-refractivity contribution in [2.45, 2.75) is 16.7 Å². The summed E-state index contributed by atoms with van der Waals surface area (Å²) in [5.74, 6) is 1.32. The lowest BCUT2D eigenvalue weighted by molar-refractivity contribution is 0.414. The van der Waals surface area contributed by atoms with E-state index in [2.05, 4.69) is 35.9 Å². The lowest BCUT2D eigenvalue weighted by Crippen LogP contribution is -2.25. The predicted molar refractivity (Wildman–Crippen MR) is 97.7 cm³/mol. The second-order valence-corrected chi connectivity index (χ2v) is 9.05. The van der Waals surface area contributed by atoms with Crippen LogP contribution in [0.4, 0.5) is 0 Å². The van der Waals surface area contributed by atoms with Crippen LogP contribution < -0.4 is 9.46 Å². The first-order valence-electron chi connectivity index (χ1n) is 7.01. The highest BCUT2D eigenvalue weighted by molar-refractivity contribution is 8.76. The number of rotatable bonds is 8. The highest BCUT2D eigenvalue weighted by atomic mass is 33.1. The summed E-state index contributed by atoms with van der Waals surface area (Å²) in [6.07, 6.45) is 0. The summed E-state index contributed by atoms with van der Waals surface area (Å²) in [5.41, 5.74) is 1.23. The molecule has 4 nitrogen and oxygen atoms in total. The summed E-state index contributed by atoms with van der Waals surface area (Å²) in [6, 6.07) is 14.6. The van der Waals surface area contributed by atoms with Gasteiger partial charge in [0.25, 0.3) is 0 Å². The average Bonchev–Trinajstić information content (AvgIpc) is 2.56. The molecule has 0 heterocycles. The molecule has 0 aliphatic heterocycles. The van der Waals surface area contributed by atoms with E-state index in [1.165, 1.54) is 22.6 Å². The number of hydrogen-bond donors (Lipinski definition) is 1. The first-order chi connectivity index (χ1) is 11.0. The van der Waals surface area contributed by atoms with Crippen LogP contribution >= 0.6 is 21.6 Å². The minimum atomic E-state index is -3.46. The number of nitrogens with one attached hydrogen (secondary N) is 1. The van der Waals surface area contributed by atoms with Gasteiger partial charge in [-0.2, -0.15) is 0 Å². The van der Waals surface area contributed by atoms with Crippen molar-refractivity contribution in [2.75, 3.05) is 19.4 Å². The minimum Gasteiger partial charge on any atom is -0.497 e. The van der Waals surface area contributed by atoms with Crippen molar-refractivity contribution in [1.82, 2.24) is 4.72 Å². The molecule has 2 aromatic carbocycles. The monoisotopic (exact) mass is 369 g/mol. The van der Waals surface area contributed by atoms with E-state index in [0.29, 0.717) is 18.0 Å². The van der Waals surface area contributed by atoms with E-state index in [1.54, 1.807) is 40.8 Å². The molecule has 2 aromatic rings. The van der Waals surface area contributed by atoms with Crippen molar-refractivity contribution in [3.63, 3.8) is 0 Å². The molecule has 0 radical (unpaired) electrons. The van der Waals surface area contributed by atoms with Gasteiger partial charge in [0.2, 0.25) is 10.0 Å².